The van der Waals surface area contributed by atoms with Gasteiger partial charge in [0.2, 0.25) is 5.91 Å². The van der Waals surface area contributed by atoms with Gasteiger partial charge < -0.3 is 20.7 Å². The smallest absolute Gasteiger partial charge is 0.224 e. The van der Waals surface area contributed by atoms with Crippen molar-refractivity contribution in [2.75, 3.05) is 32.1 Å². The zero-order valence-corrected chi connectivity index (χ0v) is 12.8. The average molecular weight is 291 g/mol. The van der Waals surface area contributed by atoms with Crippen molar-refractivity contribution in [3.8, 4) is 0 Å². The normalized spacial score (nSPS) is 19.8. The fraction of sp³-hybridized carbons (Fsp3) is 0.562. The summed E-state index contributed by atoms with van der Waals surface area (Å²) in [5.74, 6) is 0.0347. The molecule has 1 amide bonds. The molecular formula is C16H25N3O2. The summed E-state index contributed by atoms with van der Waals surface area (Å²) in [5.41, 5.74) is 2.11. The lowest BCUT2D eigenvalue weighted by molar-refractivity contribution is -0.119. The average Bonchev–Trinajstić information content (AvgIpc) is 2.50. The molecule has 5 nitrogen and oxygen atoms in total. The number of rotatable bonds is 6. The van der Waals surface area contributed by atoms with E-state index in [1.807, 2.05) is 24.3 Å². The molecule has 1 aromatic carbocycles. The third-order valence-electron chi connectivity index (χ3n) is 3.65. The molecule has 1 aliphatic heterocycles. The van der Waals surface area contributed by atoms with Crippen LogP contribution in [0.25, 0.3) is 0 Å². The Morgan fingerprint density at radius 3 is 2.81 bits per heavy atom. The number of hydrogen-bond donors (Lipinski definition) is 3. The maximum Gasteiger partial charge on any atom is 0.224 e. The molecule has 1 saturated heterocycles. The Balaban J connectivity index is 1.80. The van der Waals surface area contributed by atoms with Gasteiger partial charge >= 0.3 is 0 Å². The van der Waals surface area contributed by atoms with Crippen molar-refractivity contribution in [2.24, 2.45) is 0 Å². The molecular weight excluding hydrogens is 266 g/mol. The fourth-order valence-corrected chi connectivity index (χ4v) is 2.53. The summed E-state index contributed by atoms with van der Waals surface area (Å²) in [6, 6.07) is 8.83. The second kappa shape index (κ2) is 8.00. The molecule has 1 aromatic rings. The number of carbonyl (C=O) groups excluding carboxylic acids is 1. The lowest BCUT2D eigenvalue weighted by Gasteiger charge is -2.27. The second-order valence-electron chi connectivity index (χ2n) is 5.55. The van der Waals surface area contributed by atoms with Crippen LogP contribution in [0.3, 0.4) is 0 Å². The van der Waals surface area contributed by atoms with E-state index < -0.39 is 0 Å². The molecule has 0 saturated carbocycles. The number of morpholine rings is 1. The Kier molecular flexibility index (Phi) is 6.02. The molecule has 0 bridgehead atoms. The molecule has 2 unspecified atom stereocenters. The molecule has 21 heavy (non-hydrogen) atoms. The number of likely N-dealkylation sites (N-methyl/N-ethyl adjacent to an activating group) is 1. The quantitative estimate of drug-likeness (QED) is 0.736. The Bertz CT molecular complexity index is 441. The van der Waals surface area contributed by atoms with Crippen molar-refractivity contribution in [2.45, 2.75) is 31.8 Å². The van der Waals surface area contributed by atoms with Gasteiger partial charge in [0.25, 0.3) is 0 Å². The summed E-state index contributed by atoms with van der Waals surface area (Å²) in [5, 5.41) is 9.58. The first-order valence-corrected chi connectivity index (χ1v) is 7.54. The number of nitrogens with one attached hydrogen (secondary N) is 3. The maximum atomic E-state index is 11.3. The Morgan fingerprint density at radius 1 is 1.43 bits per heavy atom. The summed E-state index contributed by atoms with van der Waals surface area (Å²) in [6.45, 7) is 4.71. The van der Waals surface area contributed by atoms with E-state index in [0.717, 1.165) is 37.4 Å². The van der Waals surface area contributed by atoms with Gasteiger partial charge in [-0.05, 0) is 31.0 Å². The van der Waals surface area contributed by atoms with Gasteiger partial charge in [0.1, 0.15) is 0 Å². The topological polar surface area (TPSA) is 62.4 Å². The van der Waals surface area contributed by atoms with Crippen LogP contribution in [0.4, 0.5) is 5.69 Å². The molecule has 0 aromatic heterocycles. The van der Waals surface area contributed by atoms with Crippen molar-refractivity contribution in [1.82, 2.24) is 10.6 Å². The van der Waals surface area contributed by atoms with Crippen LogP contribution >= 0.6 is 0 Å². The third-order valence-corrected chi connectivity index (χ3v) is 3.65. The highest BCUT2D eigenvalue weighted by molar-refractivity contribution is 5.78. The van der Waals surface area contributed by atoms with Crippen LogP contribution in [0.1, 0.15) is 18.9 Å². The van der Waals surface area contributed by atoms with Crippen molar-refractivity contribution in [1.29, 1.82) is 0 Å². The predicted molar refractivity (Wildman–Crippen MR) is 84.5 cm³/mol. The van der Waals surface area contributed by atoms with E-state index >= 15 is 0 Å². The van der Waals surface area contributed by atoms with Crippen LogP contribution in [-0.4, -0.2) is 44.8 Å². The van der Waals surface area contributed by atoms with E-state index in [1.165, 1.54) is 0 Å². The molecule has 2 atom stereocenters. The van der Waals surface area contributed by atoms with Crippen LogP contribution in [0.15, 0.2) is 24.3 Å². The first-order valence-electron chi connectivity index (χ1n) is 7.54. The Labute approximate surface area is 126 Å². The van der Waals surface area contributed by atoms with E-state index in [1.54, 1.807) is 7.05 Å². The van der Waals surface area contributed by atoms with E-state index in [2.05, 4.69) is 22.9 Å². The van der Waals surface area contributed by atoms with Crippen LogP contribution in [0, 0.1) is 0 Å². The van der Waals surface area contributed by atoms with E-state index in [4.69, 9.17) is 4.74 Å². The highest BCUT2D eigenvalue weighted by Gasteiger charge is 2.16. The van der Waals surface area contributed by atoms with Gasteiger partial charge in [-0.3, -0.25) is 4.79 Å². The van der Waals surface area contributed by atoms with E-state index in [-0.39, 0.29) is 5.91 Å². The Morgan fingerprint density at radius 2 is 2.19 bits per heavy atom. The molecule has 3 N–H and O–H groups in total. The van der Waals surface area contributed by atoms with Crippen molar-refractivity contribution in [3.63, 3.8) is 0 Å². The minimum Gasteiger partial charge on any atom is -0.383 e. The summed E-state index contributed by atoms with van der Waals surface area (Å²) >= 11 is 0. The lowest BCUT2D eigenvalue weighted by atomic mass is 10.1. The molecule has 0 spiro atoms. The largest absolute Gasteiger partial charge is 0.383 e. The Hall–Kier alpha value is -1.59. The first-order chi connectivity index (χ1) is 10.2. The molecule has 0 radical (unpaired) electrons. The van der Waals surface area contributed by atoms with Crippen LogP contribution in [0.5, 0.6) is 0 Å². The van der Waals surface area contributed by atoms with E-state index in [0.29, 0.717) is 18.5 Å². The minimum absolute atomic E-state index is 0.0347. The highest BCUT2D eigenvalue weighted by Crippen LogP contribution is 2.13. The molecule has 1 heterocycles. The summed E-state index contributed by atoms with van der Waals surface area (Å²) in [7, 11) is 1.66. The van der Waals surface area contributed by atoms with Crippen LogP contribution < -0.4 is 16.0 Å². The van der Waals surface area contributed by atoms with Gasteiger partial charge in [-0.1, -0.05) is 12.1 Å². The molecule has 2 rings (SSSR count). The van der Waals surface area contributed by atoms with E-state index in [9.17, 15) is 4.79 Å². The molecule has 0 aliphatic carbocycles. The fourth-order valence-electron chi connectivity index (χ4n) is 2.53. The number of benzene rings is 1. The number of amides is 1. The van der Waals surface area contributed by atoms with Crippen molar-refractivity contribution in [3.05, 3.63) is 29.8 Å². The standard InChI is InChI=1S/C16H25N3O2/c1-12(9-15-11-21-8-7-18-15)19-14-5-3-13(4-6-14)10-16(20)17-2/h3-6,12,15,18-19H,7-11H2,1-2H3,(H,17,20). The highest BCUT2D eigenvalue weighted by atomic mass is 16.5. The summed E-state index contributed by atoms with van der Waals surface area (Å²) in [4.78, 5) is 11.3. The van der Waals surface area contributed by atoms with Gasteiger partial charge in [0.15, 0.2) is 0 Å². The number of carbonyl (C=O) groups is 1. The zero-order chi connectivity index (χ0) is 15.1. The first kappa shape index (κ1) is 15.8. The summed E-state index contributed by atoms with van der Waals surface area (Å²) in [6.07, 6.45) is 1.45. The molecule has 1 fully saturated rings. The summed E-state index contributed by atoms with van der Waals surface area (Å²) < 4.78 is 5.47. The van der Waals surface area contributed by atoms with Crippen molar-refractivity contribution < 1.29 is 9.53 Å². The minimum atomic E-state index is 0.0347. The number of anilines is 1. The number of ether oxygens (including phenoxy) is 1. The van der Waals surface area contributed by atoms with Gasteiger partial charge in [0.05, 0.1) is 19.6 Å². The third kappa shape index (κ3) is 5.36. The second-order valence-corrected chi connectivity index (χ2v) is 5.55. The number of hydrogen-bond acceptors (Lipinski definition) is 4. The molecule has 1 aliphatic rings. The van der Waals surface area contributed by atoms with Crippen LogP contribution in [0.2, 0.25) is 0 Å². The van der Waals surface area contributed by atoms with Crippen LogP contribution in [-0.2, 0) is 16.0 Å². The lowest BCUT2D eigenvalue weighted by Crippen LogP contribution is -2.43. The zero-order valence-electron chi connectivity index (χ0n) is 12.8. The van der Waals surface area contributed by atoms with Gasteiger partial charge in [0, 0.05) is 31.4 Å². The van der Waals surface area contributed by atoms with Gasteiger partial charge in [-0.25, -0.2) is 0 Å². The molecule has 116 valence electrons. The van der Waals surface area contributed by atoms with Gasteiger partial charge in [-0.15, -0.1) is 0 Å². The van der Waals surface area contributed by atoms with Crippen molar-refractivity contribution >= 4 is 11.6 Å². The van der Waals surface area contributed by atoms with Gasteiger partial charge in [-0.2, -0.15) is 0 Å². The monoisotopic (exact) mass is 291 g/mol. The SMILES string of the molecule is CNC(=O)Cc1ccc(NC(C)CC2COCCN2)cc1. The predicted octanol–water partition coefficient (Wildman–Crippen LogP) is 1.15. The maximum absolute atomic E-state index is 11.3. The molecule has 5 heteroatoms.